The molecule has 1 fully saturated rings. The van der Waals surface area contributed by atoms with E-state index in [2.05, 4.69) is 32.6 Å². The first-order valence-corrected chi connectivity index (χ1v) is 6.91. The Morgan fingerprint density at radius 2 is 2.11 bits per heavy atom. The normalized spacial score (nSPS) is 19.9. The van der Waals surface area contributed by atoms with Crippen LogP contribution in [0, 0.1) is 0 Å². The zero-order chi connectivity index (χ0) is 14.0. The van der Waals surface area contributed by atoms with Crippen LogP contribution in [0.2, 0.25) is 0 Å². The number of ketones is 1. The predicted molar refractivity (Wildman–Crippen MR) is 77.8 cm³/mol. The zero-order valence-electron chi connectivity index (χ0n) is 12.0. The number of benzene rings is 1. The molecule has 2 rings (SSSR count). The first-order chi connectivity index (χ1) is 9.02. The van der Waals surface area contributed by atoms with Gasteiger partial charge in [0.2, 0.25) is 0 Å². The van der Waals surface area contributed by atoms with Crippen LogP contribution >= 0.6 is 0 Å². The summed E-state index contributed by atoms with van der Waals surface area (Å²) in [6.07, 6.45) is 2.27. The van der Waals surface area contributed by atoms with Crippen molar-refractivity contribution < 1.29 is 9.53 Å². The van der Waals surface area contributed by atoms with Crippen molar-refractivity contribution in [1.29, 1.82) is 0 Å². The van der Waals surface area contributed by atoms with Crippen LogP contribution in [-0.2, 0) is 4.79 Å². The number of hydrogen-bond donors (Lipinski definition) is 0. The molecule has 0 spiro atoms. The smallest absolute Gasteiger partial charge is 0.158 e. The van der Waals surface area contributed by atoms with E-state index in [9.17, 15) is 4.79 Å². The van der Waals surface area contributed by atoms with Crippen LogP contribution in [0.4, 0.5) is 0 Å². The average molecular weight is 258 g/mol. The van der Waals surface area contributed by atoms with Crippen LogP contribution in [0.25, 0.3) is 0 Å². The van der Waals surface area contributed by atoms with Gasteiger partial charge in [-0.2, -0.15) is 0 Å². The Hall–Kier alpha value is -1.57. The second kappa shape index (κ2) is 5.60. The van der Waals surface area contributed by atoms with Gasteiger partial charge >= 0.3 is 0 Å². The van der Waals surface area contributed by atoms with Gasteiger partial charge in [-0.1, -0.05) is 32.6 Å². The molecule has 1 aliphatic rings. The van der Waals surface area contributed by atoms with Gasteiger partial charge in [0.05, 0.1) is 7.11 Å². The third-order valence-corrected chi connectivity index (χ3v) is 3.97. The summed E-state index contributed by atoms with van der Waals surface area (Å²) in [5.41, 5.74) is 3.30. The lowest BCUT2D eigenvalue weighted by Gasteiger charge is -2.25. The molecule has 1 aromatic rings. The minimum absolute atomic E-state index is 0.218. The largest absolute Gasteiger partial charge is 0.496 e. The molecule has 0 aromatic heterocycles. The van der Waals surface area contributed by atoms with Gasteiger partial charge in [0.25, 0.3) is 0 Å². The zero-order valence-corrected chi connectivity index (χ0v) is 12.0. The molecule has 102 valence electrons. The van der Waals surface area contributed by atoms with Gasteiger partial charge in [-0.05, 0) is 47.4 Å². The molecule has 0 aliphatic heterocycles. The van der Waals surface area contributed by atoms with Crippen LogP contribution in [-0.4, -0.2) is 12.9 Å². The fourth-order valence-corrected chi connectivity index (χ4v) is 2.69. The predicted octanol–water partition coefficient (Wildman–Crippen LogP) is 4.21. The number of ether oxygens (including phenoxy) is 1. The minimum Gasteiger partial charge on any atom is -0.496 e. The molecule has 0 N–H and O–H groups in total. The molecule has 19 heavy (non-hydrogen) atoms. The summed E-state index contributed by atoms with van der Waals surface area (Å²) in [4.78, 5) is 11.6. The van der Waals surface area contributed by atoms with E-state index in [-0.39, 0.29) is 5.78 Å². The fraction of sp³-hybridized carbons (Fsp3) is 0.471. The molecule has 2 heteroatoms. The van der Waals surface area contributed by atoms with E-state index in [1.54, 1.807) is 7.11 Å². The van der Waals surface area contributed by atoms with Gasteiger partial charge in [0.15, 0.2) is 5.78 Å². The van der Waals surface area contributed by atoms with Crippen molar-refractivity contribution in [3.63, 3.8) is 0 Å². The summed E-state index contributed by atoms with van der Waals surface area (Å²) in [5.74, 6) is 2.00. The van der Waals surface area contributed by atoms with Gasteiger partial charge in [-0.25, -0.2) is 0 Å². The number of carbonyl (C=O) groups is 1. The maximum Gasteiger partial charge on any atom is 0.158 e. The van der Waals surface area contributed by atoms with E-state index in [1.807, 2.05) is 6.07 Å². The highest BCUT2D eigenvalue weighted by Gasteiger charge is 2.25. The third kappa shape index (κ3) is 2.89. The van der Waals surface area contributed by atoms with Crippen molar-refractivity contribution in [1.82, 2.24) is 0 Å². The Balaban J connectivity index is 2.34. The van der Waals surface area contributed by atoms with E-state index in [1.165, 1.54) is 11.1 Å². The minimum atomic E-state index is 0.218. The SMILES string of the molecule is C=C1CC(c2cc(C(C)C)ccc2OC)CCC1=O. The molecule has 1 aromatic carbocycles. The average Bonchev–Trinajstić information content (AvgIpc) is 2.41. The van der Waals surface area contributed by atoms with Crippen LogP contribution in [0.15, 0.2) is 30.4 Å². The van der Waals surface area contributed by atoms with Crippen LogP contribution in [0.5, 0.6) is 5.75 Å². The molecule has 0 bridgehead atoms. The molecule has 0 radical (unpaired) electrons. The Morgan fingerprint density at radius 1 is 1.37 bits per heavy atom. The maximum absolute atomic E-state index is 11.6. The topological polar surface area (TPSA) is 26.3 Å². The molecule has 0 saturated heterocycles. The van der Waals surface area contributed by atoms with Gasteiger partial charge in [0, 0.05) is 6.42 Å². The van der Waals surface area contributed by atoms with E-state index < -0.39 is 0 Å². The Bertz CT molecular complexity index is 500. The summed E-state index contributed by atoms with van der Waals surface area (Å²) in [6.45, 7) is 8.27. The Morgan fingerprint density at radius 3 is 2.68 bits per heavy atom. The van der Waals surface area contributed by atoms with Crippen molar-refractivity contribution in [3.8, 4) is 5.75 Å². The van der Waals surface area contributed by atoms with Crippen LogP contribution in [0.1, 0.15) is 56.1 Å². The van der Waals surface area contributed by atoms with Crippen molar-refractivity contribution in [2.24, 2.45) is 0 Å². The molecule has 1 saturated carbocycles. The first-order valence-electron chi connectivity index (χ1n) is 6.91. The molecule has 0 heterocycles. The molecule has 1 atom stereocenters. The van der Waals surface area contributed by atoms with Crippen LogP contribution in [0.3, 0.4) is 0 Å². The molecule has 1 aliphatic carbocycles. The Kier molecular flexibility index (Phi) is 4.08. The van der Waals surface area contributed by atoms with Gasteiger partial charge < -0.3 is 4.74 Å². The van der Waals surface area contributed by atoms with Crippen LogP contribution < -0.4 is 4.74 Å². The first kappa shape index (κ1) is 13.9. The number of methoxy groups -OCH3 is 1. The second-order valence-corrected chi connectivity index (χ2v) is 5.62. The molecular formula is C17H22O2. The van der Waals surface area contributed by atoms with Gasteiger partial charge in [-0.15, -0.1) is 0 Å². The summed E-state index contributed by atoms with van der Waals surface area (Å²) in [6, 6.07) is 6.40. The summed E-state index contributed by atoms with van der Waals surface area (Å²) >= 11 is 0. The van der Waals surface area contributed by atoms with Crippen molar-refractivity contribution in [2.75, 3.05) is 7.11 Å². The lowest BCUT2D eigenvalue weighted by Crippen LogP contribution is -2.15. The van der Waals surface area contributed by atoms with E-state index in [0.29, 0.717) is 18.3 Å². The molecular weight excluding hydrogens is 236 g/mol. The summed E-state index contributed by atoms with van der Waals surface area (Å²) in [7, 11) is 1.71. The number of rotatable bonds is 3. The summed E-state index contributed by atoms with van der Waals surface area (Å²) in [5, 5.41) is 0. The van der Waals surface area contributed by atoms with Gasteiger partial charge in [0.1, 0.15) is 5.75 Å². The highest BCUT2D eigenvalue weighted by molar-refractivity contribution is 5.95. The summed E-state index contributed by atoms with van der Waals surface area (Å²) < 4.78 is 5.48. The number of hydrogen-bond acceptors (Lipinski definition) is 2. The molecule has 1 unspecified atom stereocenters. The lowest BCUT2D eigenvalue weighted by molar-refractivity contribution is -0.116. The molecule has 2 nitrogen and oxygen atoms in total. The standard InChI is InChI=1S/C17H22O2/c1-11(2)13-6-8-17(19-4)15(10-13)14-5-7-16(18)12(3)9-14/h6,8,10-11,14H,3,5,7,9H2,1-2,4H3. The highest BCUT2D eigenvalue weighted by Crippen LogP contribution is 2.39. The monoisotopic (exact) mass is 258 g/mol. The lowest BCUT2D eigenvalue weighted by atomic mass is 9.80. The fourth-order valence-electron chi connectivity index (χ4n) is 2.69. The molecule has 0 amide bonds. The number of carbonyl (C=O) groups excluding carboxylic acids is 1. The third-order valence-electron chi connectivity index (χ3n) is 3.97. The number of allylic oxidation sites excluding steroid dienone is 1. The Labute approximate surface area is 115 Å². The van der Waals surface area contributed by atoms with Crippen molar-refractivity contribution >= 4 is 5.78 Å². The van der Waals surface area contributed by atoms with Gasteiger partial charge in [-0.3, -0.25) is 4.79 Å². The number of Topliss-reactive ketones (excluding diaryl/α,β-unsaturated/α-hetero) is 1. The maximum atomic E-state index is 11.6. The van der Waals surface area contributed by atoms with Crippen molar-refractivity contribution in [2.45, 2.75) is 44.9 Å². The van der Waals surface area contributed by atoms with E-state index in [4.69, 9.17) is 4.74 Å². The van der Waals surface area contributed by atoms with Crippen molar-refractivity contribution in [3.05, 3.63) is 41.5 Å². The quantitative estimate of drug-likeness (QED) is 0.759. The van der Waals surface area contributed by atoms with E-state index in [0.717, 1.165) is 24.2 Å². The van der Waals surface area contributed by atoms with E-state index >= 15 is 0 Å². The second-order valence-electron chi connectivity index (χ2n) is 5.62. The highest BCUT2D eigenvalue weighted by atomic mass is 16.5.